The first-order chi connectivity index (χ1) is 10.2. The number of sulfonamides is 1. The fraction of sp³-hybridized carbons (Fsp3) is 0.533. The summed E-state index contributed by atoms with van der Waals surface area (Å²) in [5.41, 5.74) is 1.37. The molecular formula is C15H18BrNO4S. The van der Waals surface area contributed by atoms with Crippen molar-refractivity contribution in [2.24, 2.45) is 5.92 Å². The fourth-order valence-corrected chi connectivity index (χ4v) is 7.01. The summed E-state index contributed by atoms with van der Waals surface area (Å²) in [5, 5.41) is 9.31. The largest absolute Gasteiger partial charge is 0.481 e. The van der Waals surface area contributed by atoms with Crippen molar-refractivity contribution >= 4 is 31.9 Å². The van der Waals surface area contributed by atoms with Gasteiger partial charge in [-0.15, -0.1) is 0 Å². The van der Waals surface area contributed by atoms with Gasteiger partial charge in [-0.2, -0.15) is 4.31 Å². The molecule has 0 amide bonds. The predicted molar refractivity (Wildman–Crippen MR) is 85.2 cm³/mol. The van der Waals surface area contributed by atoms with Gasteiger partial charge >= 0.3 is 5.97 Å². The third kappa shape index (κ3) is 2.30. The lowest BCUT2D eigenvalue weighted by Crippen LogP contribution is -2.38. The second-order valence-electron chi connectivity index (χ2n) is 6.18. The molecule has 1 N–H and O–H groups in total. The van der Waals surface area contributed by atoms with E-state index in [4.69, 9.17) is 0 Å². The molecule has 0 aliphatic carbocycles. The molecule has 2 aliphatic heterocycles. The number of carboxylic acid groups (broad SMARTS) is 1. The van der Waals surface area contributed by atoms with E-state index in [9.17, 15) is 18.3 Å². The van der Waals surface area contributed by atoms with E-state index in [0.717, 1.165) is 10.9 Å². The molecule has 3 rings (SSSR count). The lowest BCUT2D eigenvalue weighted by molar-refractivity contribution is -0.142. The van der Waals surface area contributed by atoms with E-state index in [-0.39, 0.29) is 6.04 Å². The minimum Gasteiger partial charge on any atom is -0.481 e. The third-order valence-electron chi connectivity index (χ3n) is 4.75. The van der Waals surface area contributed by atoms with Gasteiger partial charge in [-0.25, -0.2) is 8.42 Å². The fourth-order valence-electron chi connectivity index (χ4n) is 3.99. The van der Waals surface area contributed by atoms with Gasteiger partial charge in [0.15, 0.2) is 0 Å². The van der Waals surface area contributed by atoms with E-state index in [1.54, 1.807) is 26.0 Å². The zero-order chi connectivity index (χ0) is 16.2. The molecule has 1 aromatic rings. The van der Waals surface area contributed by atoms with E-state index in [1.165, 1.54) is 4.31 Å². The zero-order valence-corrected chi connectivity index (χ0v) is 14.8. The minimum atomic E-state index is -3.67. The lowest BCUT2D eigenvalue weighted by atomic mass is 9.89. The molecule has 22 heavy (non-hydrogen) atoms. The zero-order valence-electron chi connectivity index (χ0n) is 12.4. The number of hydrogen-bond donors (Lipinski definition) is 1. The molecule has 0 saturated carbocycles. The molecule has 120 valence electrons. The molecule has 1 aromatic carbocycles. The maximum absolute atomic E-state index is 13.1. The number of benzene rings is 1. The molecule has 2 bridgehead atoms. The second-order valence-corrected chi connectivity index (χ2v) is 8.88. The SMILES string of the molecule is Cc1cc(Br)cc(C)c1S(=O)(=O)N1C2CCC1C(C(=O)O)C2. The van der Waals surface area contributed by atoms with Crippen LogP contribution in [-0.2, 0) is 14.8 Å². The van der Waals surface area contributed by atoms with Gasteiger partial charge in [0.1, 0.15) is 0 Å². The van der Waals surface area contributed by atoms with Crippen LogP contribution in [0.25, 0.3) is 0 Å². The molecule has 2 fully saturated rings. The van der Waals surface area contributed by atoms with Gasteiger partial charge in [-0.3, -0.25) is 4.79 Å². The van der Waals surface area contributed by atoms with Crippen LogP contribution in [-0.4, -0.2) is 35.9 Å². The first kappa shape index (κ1) is 16.0. The summed E-state index contributed by atoms with van der Waals surface area (Å²) in [6.45, 7) is 3.55. The van der Waals surface area contributed by atoms with Gasteiger partial charge < -0.3 is 5.11 Å². The van der Waals surface area contributed by atoms with E-state index in [0.29, 0.717) is 28.9 Å². The third-order valence-corrected chi connectivity index (χ3v) is 7.49. The summed E-state index contributed by atoms with van der Waals surface area (Å²) < 4.78 is 28.6. The first-order valence-corrected chi connectivity index (χ1v) is 9.50. The van der Waals surface area contributed by atoms with Gasteiger partial charge in [0.05, 0.1) is 10.8 Å². The Labute approximate surface area is 138 Å². The van der Waals surface area contributed by atoms with Crippen molar-refractivity contribution < 1.29 is 18.3 Å². The standard InChI is InChI=1S/C15H18BrNO4S/c1-8-5-10(16)6-9(2)14(8)22(20,21)17-11-3-4-13(17)12(7-11)15(18)19/h5-6,11-13H,3-4,7H2,1-2H3,(H,18,19). The monoisotopic (exact) mass is 387 g/mol. The summed E-state index contributed by atoms with van der Waals surface area (Å²) in [4.78, 5) is 11.7. The Morgan fingerprint density at radius 1 is 1.27 bits per heavy atom. The Morgan fingerprint density at radius 3 is 2.36 bits per heavy atom. The van der Waals surface area contributed by atoms with Crippen LogP contribution < -0.4 is 0 Å². The highest BCUT2D eigenvalue weighted by atomic mass is 79.9. The molecule has 0 aromatic heterocycles. The number of carboxylic acids is 1. The van der Waals surface area contributed by atoms with Crippen molar-refractivity contribution in [2.75, 3.05) is 0 Å². The molecule has 2 saturated heterocycles. The number of aliphatic carboxylic acids is 1. The van der Waals surface area contributed by atoms with Crippen molar-refractivity contribution in [3.63, 3.8) is 0 Å². The maximum atomic E-state index is 13.1. The molecule has 5 nitrogen and oxygen atoms in total. The number of rotatable bonds is 3. The summed E-state index contributed by atoms with van der Waals surface area (Å²) in [7, 11) is -3.67. The Balaban J connectivity index is 2.07. The van der Waals surface area contributed by atoms with Crippen LogP contribution in [0.4, 0.5) is 0 Å². The van der Waals surface area contributed by atoms with Crippen LogP contribution in [0.15, 0.2) is 21.5 Å². The van der Waals surface area contributed by atoms with Gasteiger partial charge in [-0.1, -0.05) is 15.9 Å². The van der Waals surface area contributed by atoms with Gasteiger partial charge in [0, 0.05) is 16.6 Å². The highest BCUT2D eigenvalue weighted by molar-refractivity contribution is 9.10. The van der Waals surface area contributed by atoms with Crippen molar-refractivity contribution in [2.45, 2.75) is 50.1 Å². The second kappa shape index (κ2) is 5.32. The smallest absolute Gasteiger partial charge is 0.308 e. The van der Waals surface area contributed by atoms with Crippen LogP contribution in [0.3, 0.4) is 0 Å². The van der Waals surface area contributed by atoms with Crippen LogP contribution in [0.1, 0.15) is 30.4 Å². The van der Waals surface area contributed by atoms with Crippen molar-refractivity contribution in [3.8, 4) is 0 Å². The number of aryl methyl sites for hydroxylation is 2. The molecule has 2 aliphatic rings. The van der Waals surface area contributed by atoms with Crippen LogP contribution >= 0.6 is 15.9 Å². The van der Waals surface area contributed by atoms with E-state index >= 15 is 0 Å². The Hall–Kier alpha value is -0.920. The van der Waals surface area contributed by atoms with E-state index in [1.807, 2.05) is 0 Å². The molecule has 7 heteroatoms. The number of nitrogens with zero attached hydrogens (tertiary/aromatic N) is 1. The predicted octanol–water partition coefficient (Wildman–Crippen LogP) is 2.69. The average molecular weight is 388 g/mol. The first-order valence-electron chi connectivity index (χ1n) is 7.26. The highest BCUT2D eigenvalue weighted by Crippen LogP contribution is 2.45. The quantitative estimate of drug-likeness (QED) is 0.864. The Morgan fingerprint density at radius 2 is 1.86 bits per heavy atom. The van der Waals surface area contributed by atoms with Crippen LogP contribution in [0.5, 0.6) is 0 Å². The van der Waals surface area contributed by atoms with Crippen molar-refractivity contribution in [1.82, 2.24) is 4.31 Å². The van der Waals surface area contributed by atoms with Crippen LogP contribution in [0, 0.1) is 19.8 Å². The Bertz CT molecular complexity index is 723. The van der Waals surface area contributed by atoms with Crippen LogP contribution in [0.2, 0.25) is 0 Å². The summed E-state index contributed by atoms with van der Waals surface area (Å²) in [6, 6.07) is 2.98. The summed E-state index contributed by atoms with van der Waals surface area (Å²) in [6.07, 6.45) is 1.81. The molecule has 3 atom stereocenters. The summed E-state index contributed by atoms with van der Waals surface area (Å²) in [5.74, 6) is -1.47. The molecule has 2 heterocycles. The number of carbonyl (C=O) groups is 1. The van der Waals surface area contributed by atoms with E-state index < -0.39 is 28.0 Å². The summed E-state index contributed by atoms with van der Waals surface area (Å²) >= 11 is 3.38. The molecule has 3 unspecified atom stereocenters. The van der Waals surface area contributed by atoms with E-state index in [2.05, 4.69) is 15.9 Å². The Kier molecular flexibility index (Phi) is 3.86. The number of fused-ring (bicyclic) bond motifs is 2. The molecule has 0 spiro atoms. The maximum Gasteiger partial charge on any atom is 0.308 e. The highest BCUT2D eigenvalue weighted by Gasteiger charge is 2.54. The minimum absolute atomic E-state index is 0.182. The average Bonchev–Trinajstić information content (AvgIpc) is 2.94. The normalized spacial score (nSPS) is 28.2. The van der Waals surface area contributed by atoms with Crippen molar-refractivity contribution in [1.29, 1.82) is 0 Å². The van der Waals surface area contributed by atoms with Crippen molar-refractivity contribution in [3.05, 3.63) is 27.7 Å². The topological polar surface area (TPSA) is 74.7 Å². The number of hydrogen-bond acceptors (Lipinski definition) is 3. The van der Waals surface area contributed by atoms with Gasteiger partial charge in [-0.05, 0) is 56.4 Å². The van der Waals surface area contributed by atoms with Gasteiger partial charge in [0.25, 0.3) is 0 Å². The number of halogens is 1. The molecule has 0 radical (unpaired) electrons. The van der Waals surface area contributed by atoms with Gasteiger partial charge in [0.2, 0.25) is 10.0 Å². The lowest BCUT2D eigenvalue weighted by Gasteiger charge is -2.24. The molecular weight excluding hydrogens is 370 g/mol.